The van der Waals surface area contributed by atoms with E-state index in [1.165, 1.54) is 12.0 Å². The summed E-state index contributed by atoms with van der Waals surface area (Å²) < 4.78 is 9.95. The van der Waals surface area contributed by atoms with Crippen molar-refractivity contribution in [3.63, 3.8) is 0 Å². The molecule has 1 aromatic carbocycles. The van der Waals surface area contributed by atoms with E-state index in [0.717, 1.165) is 5.56 Å². The van der Waals surface area contributed by atoms with Gasteiger partial charge in [0.15, 0.2) is 0 Å². The second kappa shape index (κ2) is 6.75. The van der Waals surface area contributed by atoms with Crippen LogP contribution in [0, 0.1) is 0 Å². The maximum atomic E-state index is 12.1. The fraction of sp³-hybridized carbons (Fsp3) is 0.333. The summed E-state index contributed by atoms with van der Waals surface area (Å²) in [6, 6.07) is 8.80. The van der Waals surface area contributed by atoms with E-state index in [1.807, 2.05) is 42.5 Å². The van der Waals surface area contributed by atoms with E-state index in [-0.39, 0.29) is 6.61 Å². The molecule has 106 valence electrons. The number of carbonyl (C=O) groups excluding carboxylic acids is 2. The third kappa shape index (κ3) is 3.38. The van der Waals surface area contributed by atoms with Crippen molar-refractivity contribution in [1.29, 1.82) is 0 Å². The Morgan fingerprint density at radius 1 is 1.25 bits per heavy atom. The Morgan fingerprint density at radius 2 is 2.00 bits per heavy atom. The summed E-state index contributed by atoms with van der Waals surface area (Å²) in [6.45, 7) is 0.543. The lowest BCUT2D eigenvalue weighted by molar-refractivity contribution is -0.146. The third-order valence-electron chi connectivity index (χ3n) is 3.12. The van der Waals surface area contributed by atoms with Crippen LogP contribution >= 0.6 is 0 Å². The maximum absolute atomic E-state index is 12.1. The highest BCUT2D eigenvalue weighted by Gasteiger charge is 2.31. The van der Waals surface area contributed by atoms with Crippen LogP contribution in [-0.4, -0.2) is 36.7 Å². The summed E-state index contributed by atoms with van der Waals surface area (Å²) in [5.41, 5.74) is 0.906. The molecule has 5 heteroatoms. The zero-order valence-electron chi connectivity index (χ0n) is 11.3. The molecule has 0 spiro atoms. The number of benzene rings is 1. The van der Waals surface area contributed by atoms with Crippen molar-refractivity contribution in [1.82, 2.24) is 4.90 Å². The van der Waals surface area contributed by atoms with E-state index in [0.29, 0.717) is 13.0 Å². The van der Waals surface area contributed by atoms with Crippen LogP contribution in [0.15, 0.2) is 42.5 Å². The smallest absolute Gasteiger partial charge is 0.411 e. The van der Waals surface area contributed by atoms with Gasteiger partial charge < -0.3 is 9.47 Å². The standard InChI is InChI=1S/C15H17NO4/c1-19-14(17)13-9-5-6-10-16(13)15(18)20-11-12-7-3-2-4-8-12/h2-8,13H,9-11H2,1H3/t13-/m0/s1. The van der Waals surface area contributed by atoms with Gasteiger partial charge >= 0.3 is 12.1 Å². The lowest BCUT2D eigenvalue weighted by Gasteiger charge is -2.29. The minimum absolute atomic E-state index is 0.188. The van der Waals surface area contributed by atoms with Crippen molar-refractivity contribution < 1.29 is 19.1 Å². The first-order chi connectivity index (χ1) is 9.72. The number of carbonyl (C=O) groups is 2. The van der Waals surface area contributed by atoms with Gasteiger partial charge in [-0.3, -0.25) is 4.90 Å². The minimum Gasteiger partial charge on any atom is -0.467 e. The Balaban J connectivity index is 1.96. The SMILES string of the molecule is COC(=O)[C@@H]1CC=CCN1C(=O)OCc1ccccc1. The van der Waals surface area contributed by atoms with Crippen molar-refractivity contribution in [3.8, 4) is 0 Å². The molecule has 1 atom stereocenters. The Bertz CT molecular complexity index is 498. The highest BCUT2D eigenvalue weighted by atomic mass is 16.6. The summed E-state index contributed by atoms with van der Waals surface area (Å²) in [5, 5.41) is 0. The normalized spacial score (nSPS) is 17.6. The lowest BCUT2D eigenvalue weighted by Crippen LogP contribution is -2.47. The van der Waals surface area contributed by atoms with Crippen LogP contribution in [0.4, 0.5) is 4.79 Å². The van der Waals surface area contributed by atoms with Crippen LogP contribution in [0.25, 0.3) is 0 Å². The molecule has 1 aromatic rings. The monoisotopic (exact) mass is 275 g/mol. The molecule has 1 aliphatic heterocycles. The molecule has 1 amide bonds. The highest BCUT2D eigenvalue weighted by Crippen LogP contribution is 2.15. The maximum Gasteiger partial charge on any atom is 0.411 e. The first-order valence-electron chi connectivity index (χ1n) is 6.42. The minimum atomic E-state index is -0.603. The van der Waals surface area contributed by atoms with E-state index < -0.39 is 18.1 Å². The Kier molecular flexibility index (Phi) is 4.76. The summed E-state index contributed by atoms with van der Waals surface area (Å²) in [6.07, 6.45) is 3.65. The summed E-state index contributed by atoms with van der Waals surface area (Å²) >= 11 is 0. The molecule has 0 N–H and O–H groups in total. The van der Waals surface area contributed by atoms with Gasteiger partial charge in [-0.25, -0.2) is 9.59 Å². The molecule has 0 bridgehead atoms. The Hall–Kier alpha value is -2.30. The van der Waals surface area contributed by atoms with Gasteiger partial charge in [0.25, 0.3) is 0 Å². The van der Waals surface area contributed by atoms with Gasteiger partial charge in [-0.05, 0) is 12.0 Å². The molecule has 1 heterocycles. The number of rotatable bonds is 3. The van der Waals surface area contributed by atoms with Crippen LogP contribution in [0.1, 0.15) is 12.0 Å². The fourth-order valence-electron chi connectivity index (χ4n) is 2.03. The second-order valence-corrected chi connectivity index (χ2v) is 4.44. The van der Waals surface area contributed by atoms with Crippen molar-refractivity contribution in [2.45, 2.75) is 19.1 Å². The number of esters is 1. The average Bonchev–Trinajstić information content (AvgIpc) is 2.52. The third-order valence-corrected chi connectivity index (χ3v) is 3.12. The topological polar surface area (TPSA) is 55.8 Å². The van der Waals surface area contributed by atoms with Gasteiger partial charge in [-0.1, -0.05) is 42.5 Å². The number of amides is 1. The first-order valence-corrected chi connectivity index (χ1v) is 6.42. The molecule has 0 radical (unpaired) electrons. The van der Waals surface area contributed by atoms with Gasteiger partial charge in [0.05, 0.1) is 7.11 Å². The fourth-order valence-corrected chi connectivity index (χ4v) is 2.03. The number of nitrogens with zero attached hydrogens (tertiary/aromatic N) is 1. The molecule has 1 aliphatic rings. The predicted molar refractivity (Wildman–Crippen MR) is 72.9 cm³/mol. The Labute approximate surface area is 117 Å². The summed E-state index contributed by atoms with van der Waals surface area (Å²) in [5.74, 6) is -0.425. The molecule has 2 rings (SSSR count). The van der Waals surface area contributed by atoms with E-state index in [2.05, 4.69) is 0 Å². The number of methoxy groups -OCH3 is 1. The lowest BCUT2D eigenvalue weighted by atomic mass is 10.1. The van der Waals surface area contributed by atoms with Crippen molar-refractivity contribution >= 4 is 12.1 Å². The van der Waals surface area contributed by atoms with E-state index in [1.54, 1.807) is 0 Å². The molecule has 0 unspecified atom stereocenters. The quantitative estimate of drug-likeness (QED) is 0.626. The number of hydrogen-bond donors (Lipinski definition) is 0. The zero-order chi connectivity index (χ0) is 14.4. The van der Waals surface area contributed by atoms with E-state index >= 15 is 0 Å². The molecular formula is C15H17NO4. The second-order valence-electron chi connectivity index (χ2n) is 4.44. The zero-order valence-corrected chi connectivity index (χ0v) is 11.3. The van der Waals surface area contributed by atoms with Crippen molar-refractivity contribution in [2.24, 2.45) is 0 Å². The van der Waals surface area contributed by atoms with Crippen LogP contribution in [0.3, 0.4) is 0 Å². The van der Waals surface area contributed by atoms with E-state index in [4.69, 9.17) is 9.47 Å². The van der Waals surface area contributed by atoms with Crippen LogP contribution in [0.5, 0.6) is 0 Å². The molecule has 0 saturated carbocycles. The summed E-state index contributed by atoms with van der Waals surface area (Å²) in [7, 11) is 1.31. The predicted octanol–water partition coefficient (Wildman–Crippen LogP) is 2.13. The van der Waals surface area contributed by atoms with Crippen molar-refractivity contribution in [2.75, 3.05) is 13.7 Å². The Morgan fingerprint density at radius 3 is 2.70 bits per heavy atom. The molecule has 0 fully saturated rings. The highest BCUT2D eigenvalue weighted by molar-refractivity contribution is 5.82. The van der Waals surface area contributed by atoms with Crippen LogP contribution in [-0.2, 0) is 20.9 Å². The van der Waals surface area contributed by atoms with Gasteiger partial charge in [0.2, 0.25) is 0 Å². The molecule has 20 heavy (non-hydrogen) atoms. The van der Waals surface area contributed by atoms with Gasteiger partial charge in [-0.2, -0.15) is 0 Å². The number of hydrogen-bond acceptors (Lipinski definition) is 4. The van der Waals surface area contributed by atoms with Gasteiger partial charge in [0.1, 0.15) is 12.6 Å². The largest absolute Gasteiger partial charge is 0.467 e. The number of ether oxygens (including phenoxy) is 2. The summed E-state index contributed by atoms with van der Waals surface area (Å²) in [4.78, 5) is 25.1. The molecule has 0 aliphatic carbocycles. The van der Waals surface area contributed by atoms with Crippen LogP contribution < -0.4 is 0 Å². The average molecular weight is 275 g/mol. The van der Waals surface area contributed by atoms with Crippen molar-refractivity contribution in [3.05, 3.63) is 48.0 Å². The molecule has 0 saturated heterocycles. The first kappa shape index (κ1) is 14.1. The molecule has 5 nitrogen and oxygen atoms in total. The molecule has 0 aromatic heterocycles. The van der Waals surface area contributed by atoms with Gasteiger partial charge in [0, 0.05) is 6.54 Å². The van der Waals surface area contributed by atoms with Crippen LogP contribution in [0.2, 0.25) is 0 Å². The van der Waals surface area contributed by atoms with E-state index in [9.17, 15) is 9.59 Å². The molecular weight excluding hydrogens is 258 g/mol. The van der Waals surface area contributed by atoms with Gasteiger partial charge in [-0.15, -0.1) is 0 Å².